The highest BCUT2D eigenvalue weighted by molar-refractivity contribution is 6.01. The lowest BCUT2D eigenvalue weighted by Crippen LogP contribution is -2.47. The van der Waals surface area contributed by atoms with Gasteiger partial charge >= 0.3 is 5.97 Å². The smallest absolute Gasteiger partial charge is 0.305 e. The summed E-state index contributed by atoms with van der Waals surface area (Å²) in [5, 5.41) is 5.56. The Morgan fingerprint density at radius 3 is 2.42 bits per heavy atom. The molecule has 1 aromatic rings. The third kappa shape index (κ3) is 4.62. The molecule has 6 nitrogen and oxygen atoms in total. The van der Waals surface area contributed by atoms with E-state index in [1.54, 1.807) is 0 Å². The molecule has 1 aromatic carbocycles. The van der Waals surface area contributed by atoms with Gasteiger partial charge < -0.3 is 10.1 Å². The van der Waals surface area contributed by atoms with Gasteiger partial charge in [0.2, 0.25) is 11.8 Å². The van der Waals surface area contributed by atoms with Crippen molar-refractivity contribution in [3.8, 4) is 0 Å². The van der Waals surface area contributed by atoms with Crippen LogP contribution in [-0.2, 0) is 19.1 Å². The lowest BCUT2D eigenvalue weighted by molar-refractivity contribution is -0.142. The molecule has 1 saturated heterocycles. The Kier molecular flexibility index (Phi) is 5.91. The van der Waals surface area contributed by atoms with Crippen molar-refractivity contribution < 1.29 is 19.1 Å². The SMILES string of the molecule is COC(=O)CC1CCC(c2ccc(NC3CCC(=O)NC3=O)cc2)CC1. The summed E-state index contributed by atoms with van der Waals surface area (Å²) in [7, 11) is 1.44. The first-order valence-electron chi connectivity index (χ1n) is 9.32. The van der Waals surface area contributed by atoms with Gasteiger partial charge in [0.05, 0.1) is 7.11 Å². The zero-order valence-corrected chi connectivity index (χ0v) is 15.1. The van der Waals surface area contributed by atoms with Crippen LogP contribution in [-0.4, -0.2) is 30.9 Å². The number of carbonyl (C=O) groups excluding carboxylic acids is 3. The van der Waals surface area contributed by atoms with Crippen molar-refractivity contribution in [1.29, 1.82) is 0 Å². The lowest BCUT2D eigenvalue weighted by atomic mass is 9.77. The fraction of sp³-hybridized carbons (Fsp3) is 0.550. The monoisotopic (exact) mass is 358 g/mol. The Labute approximate surface area is 153 Å². The normalized spacial score (nSPS) is 26.1. The Hall–Kier alpha value is -2.37. The van der Waals surface area contributed by atoms with Crippen LogP contribution in [0.25, 0.3) is 0 Å². The van der Waals surface area contributed by atoms with E-state index in [-0.39, 0.29) is 23.8 Å². The number of methoxy groups -OCH3 is 1. The van der Waals surface area contributed by atoms with Gasteiger partial charge in [0, 0.05) is 18.5 Å². The summed E-state index contributed by atoms with van der Waals surface area (Å²) in [6.07, 6.45) is 5.69. The largest absolute Gasteiger partial charge is 0.469 e. The van der Waals surface area contributed by atoms with E-state index < -0.39 is 0 Å². The van der Waals surface area contributed by atoms with E-state index in [1.165, 1.54) is 12.7 Å². The fourth-order valence-electron chi connectivity index (χ4n) is 3.90. The van der Waals surface area contributed by atoms with Crippen LogP contribution in [0.5, 0.6) is 0 Å². The van der Waals surface area contributed by atoms with Crippen molar-refractivity contribution in [3.63, 3.8) is 0 Å². The maximum atomic E-state index is 11.8. The van der Waals surface area contributed by atoms with E-state index in [4.69, 9.17) is 4.74 Å². The number of imide groups is 1. The summed E-state index contributed by atoms with van der Waals surface area (Å²) >= 11 is 0. The van der Waals surface area contributed by atoms with Crippen LogP contribution in [0.2, 0.25) is 0 Å². The number of rotatable bonds is 5. The molecule has 26 heavy (non-hydrogen) atoms. The number of esters is 1. The van der Waals surface area contributed by atoms with Crippen LogP contribution in [0.1, 0.15) is 56.4 Å². The van der Waals surface area contributed by atoms with Crippen LogP contribution in [0.4, 0.5) is 5.69 Å². The van der Waals surface area contributed by atoms with E-state index in [2.05, 4.69) is 22.8 Å². The van der Waals surface area contributed by atoms with Crippen LogP contribution < -0.4 is 10.6 Å². The molecule has 2 fully saturated rings. The van der Waals surface area contributed by atoms with Crippen LogP contribution in [0, 0.1) is 5.92 Å². The summed E-state index contributed by atoms with van der Waals surface area (Å²) in [6, 6.07) is 7.87. The van der Waals surface area contributed by atoms with Crippen LogP contribution in [0.15, 0.2) is 24.3 Å². The van der Waals surface area contributed by atoms with Crippen LogP contribution >= 0.6 is 0 Å². The maximum absolute atomic E-state index is 11.8. The minimum Gasteiger partial charge on any atom is -0.469 e. The molecule has 0 aromatic heterocycles. The first kappa shape index (κ1) is 18.4. The zero-order chi connectivity index (χ0) is 18.5. The standard InChI is InChI=1S/C20H26N2O4/c1-26-19(24)12-13-2-4-14(5-3-13)15-6-8-16(9-7-15)21-17-10-11-18(23)22-20(17)25/h6-9,13-14,17,21H,2-5,10-12H2,1H3,(H,22,23,25). The Bertz CT molecular complexity index is 663. The van der Waals surface area contributed by atoms with E-state index in [0.717, 1.165) is 31.4 Å². The molecule has 140 valence electrons. The number of anilines is 1. The Balaban J connectivity index is 1.51. The van der Waals surface area contributed by atoms with Gasteiger partial charge in [0.25, 0.3) is 0 Å². The summed E-state index contributed by atoms with van der Waals surface area (Å²) in [5.41, 5.74) is 2.19. The van der Waals surface area contributed by atoms with Gasteiger partial charge in [0.1, 0.15) is 6.04 Å². The number of piperidine rings is 1. The second-order valence-corrected chi connectivity index (χ2v) is 7.27. The zero-order valence-electron chi connectivity index (χ0n) is 15.1. The molecule has 1 aliphatic heterocycles. The molecule has 1 unspecified atom stereocenters. The third-order valence-electron chi connectivity index (χ3n) is 5.49. The molecular weight excluding hydrogens is 332 g/mol. The van der Waals surface area contributed by atoms with Gasteiger partial charge in [-0.15, -0.1) is 0 Å². The molecule has 1 aliphatic carbocycles. The minimum atomic E-state index is -0.354. The predicted molar refractivity (Wildman–Crippen MR) is 97.6 cm³/mol. The van der Waals surface area contributed by atoms with Gasteiger partial charge in [0.15, 0.2) is 0 Å². The number of amides is 2. The van der Waals surface area contributed by atoms with E-state index in [1.807, 2.05) is 12.1 Å². The first-order valence-corrected chi connectivity index (χ1v) is 9.32. The van der Waals surface area contributed by atoms with E-state index >= 15 is 0 Å². The number of hydrogen-bond acceptors (Lipinski definition) is 5. The Morgan fingerprint density at radius 2 is 1.81 bits per heavy atom. The minimum absolute atomic E-state index is 0.114. The quantitative estimate of drug-likeness (QED) is 0.624. The average molecular weight is 358 g/mol. The van der Waals surface area contributed by atoms with Gasteiger partial charge in [-0.05, 0) is 61.6 Å². The summed E-state index contributed by atoms with van der Waals surface area (Å²) in [4.78, 5) is 34.4. The lowest BCUT2D eigenvalue weighted by Gasteiger charge is -2.28. The highest BCUT2D eigenvalue weighted by atomic mass is 16.5. The molecular formula is C20H26N2O4. The summed E-state index contributed by atoms with van der Waals surface area (Å²) in [6.45, 7) is 0. The second-order valence-electron chi connectivity index (χ2n) is 7.27. The first-order chi connectivity index (χ1) is 12.5. The second kappa shape index (κ2) is 8.34. The van der Waals surface area contributed by atoms with Crippen molar-refractivity contribution in [1.82, 2.24) is 5.32 Å². The molecule has 1 heterocycles. The molecule has 0 radical (unpaired) electrons. The van der Waals surface area contributed by atoms with Gasteiger partial charge in [-0.2, -0.15) is 0 Å². The van der Waals surface area contributed by atoms with E-state index in [0.29, 0.717) is 31.1 Å². The van der Waals surface area contributed by atoms with Crippen molar-refractivity contribution >= 4 is 23.5 Å². The van der Waals surface area contributed by atoms with Crippen molar-refractivity contribution in [2.45, 2.75) is 56.9 Å². The van der Waals surface area contributed by atoms with Gasteiger partial charge in [-0.3, -0.25) is 19.7 Å². The Morgan fingerprint density at radius 1 is 1.12 bits per heavy atom. The van der Waals surface area contributed by atoms with Crippen molar-refractivity contribution in [3.05, 3.63) is 29.8 Å². The topological polar surface area (TPSA) is 84.5 Å². The maximum Gasteiger partial charge on any atom is 0.305 e. The predicted octanol–water partition coefficient (Wildman–Crippen LogP) is 2.74. The van der Waals surface area contributed by atoms with E-state index in [9.17, 15) is 14.4 Å². The summed E-state index contributed by atoms with van der Waals surface area (Å²) < 4.78 is 4.76. The van der Waals surface area contributed by atoms with Crippen LogP contribution in [0.3, 0.4) is 0 Å². The highest BCUT2D eigenvalue weighted by Gasteiger charge is 2.27. The molecule has 2 aliphatic rings. The molecule has 6 heteroatoms. The number of benzene rings is 1. The average Bonchev–Trinajstić information content (AvgIpc) is 2.65. The molecule has 2 N–H and O–H groups in total. The fourth-order valence-corrected chi connectivity index (χ4v) is 3.90. The molecule has 2 amide bonds. The van der Waals surface area contributed by atoms with Gasteiger partial charge in [-0.25, -0.2) is 0 Å². The molecule has 0 bridgehead atoms. The summed E-state index contributed by atoms with van der Waals surface area (Å²) in [5.74, 6) is 0.387. The van der Waals surface area contributed by atoms with Crippen molar-refractivity contribution in [2.75, 3.05) is 12.4 Å². The van der Waals surface area contributed by atoms with Crippen molar-refractivity contribution in [2.24, 2.45) is 5.92 Å². The number of carbonyl (C=O) groups is 3. The number of hydrogen-bond donors (Lipinski definition) is 2. The molecule has 1 saturated carbocycles. The highest BCUT2D eigenvalue weighted by Crippen LogP contribution is 2.37. The molecule has 1 atom stereocenters. The molecule has 0 spiro atoms. The van der Waals surface area contributed by atoms with Gasteiger partial charge in [-0.1, -0.05) is 12.1 Å². The third-order valence-corrected chi connectivity index (χ3v) is 5.49. The number of ether oxygens (including phenoxy) is 1. The molecule has 3 rings (SSSR count). The number of nitrogens with one attached hydrogen (secondary N) is 2.